The van der Waals surface area contributed by atoms with Gasteiger partial charge in [0.25, 0.3) is 0 Å². The predicted molar refractivity (Wildman–Crippen MR) is 470 cm³/mol. The molecule has 0 radical (unpaired) electrons. The quantitative estimate of drug-likeness (QED) is 0.0143. The number of amides is 2. The number of phosphoric ester groups is 2. The molecule has 6 atom stereocenters. The number of nitrogens with one attached hydrogen (secondary N) is 2. The zero-order valence-corrected chi connectivity index (χ0v) is 76.6. The highest BCUT2D eigenvalue weighted by atomic mass is 31.2. The van der Waals surface area contributed by atoms with Crippen LogP contribution in [-0.2, 0) is 93.5 Å². The molecule has 0 aliphatic heterocycles. The van der Waals surface area contributed by atoms with Crippen molar-refractivity contribution in [3.8, 4) is 0 Å². The number of hydrogen-bond donors (Lipinski definition) is 2. The summed E-state index contributed by atoms with van der Waals surface area (Å²) < 4.78 is 98.4. The van der Waals surface area contributed by atoms with Gasteiger partial charge in [-0.05, 0) is 57.8 Å². The number of phosphoric acid groups is 2. The van der Waals surface area contributed by atoms with E-state index in [9.17, 15) is 37.9 Å². The molecule has 0 bridgehead atoms. The molecule has 2 unspecified atom stereocenters. The van der Waals surface area contributed by atoms with E-state index in [1.54, 1.807) is 0 Å². The number of esters is 4. The van der Waals surface area contributed by atoms with Gasteiger partial charge >= 0.3 is 39.5 Å². The second-order valence-corrected chi connectivity index (χ2v) is 35.2. The maximum absolute atomic E-state index is 14.1. The second kappa shape index (κ2) is 85.0. The third-order valence-corrected chi connectivity index (χ3v) is 23.4. The van der Waals surface area contributed by atoms with Crippen molar-refractivity contribution in [2.24, 2.45) is 0 Å². The Kier molecular flexibility index (Phi) is 82.4. The Balaban J connectivity index is 5.85. The molecular formula is C92H174N2O20P2. The van der Waals surface area contributed by atoms with Gasteiger partial charge in [0.2, 0.25) is 11.8 Å². The van der Waals surface area contributed by atoms with Crippen LogP contribution in [0.2, 0.25) is 0 Å². The topological polar surface area (TPSA) is 271 Å². The summed E-state index contributed by atoms with van der Waals surface area (Å²) in [5.74, 6) is -2.56. The van der Waals surface area contributed by atoms with Crippen LogP contribution in [0.5, 0.6) is 0 Å². The monoisotopic (exact) mass is 1690 g/mol. The van der Waals surface area contributed by atoms with Crippen molar-refractivity contribution in [3.63, 3.8) is 0 Å². The molecule has 0 aromatic heterocycles. The van der Waals surface area contributed by atoms with Gasteiger partial charge in [-0.3, -0.25) is 55.9 Å². The fourth-order valence-electron chi connectivity index (χ4n) is 13.5. The van der Waals surface area contributed by atoms with Crippen molar-refractivity contribution in [2.45, 2.75) is 451 Å². The number of rotatable bonds is 93. The highest BCUT2D eigenvalue weighted by Crippen LogP contribution is 2.50. The summed E-state index contributed by atoms with van der Waals surface area (Å²) in [5, 5.41) is 5.24. The molecule has 682 valence electrons. The first-order valence-corrected chi connectivity index (χ1v) is 50.2. The molecule has 0 saturated carbocycles. The lowest BCUT2D eigenvalue weighted by molar-refractivity contribution is -0.156. The van der Waals surface area contributed by atoms with E-state index in [2.05, 4.69) is 65.3 Å². The summed E-state index contributed by atoms with van der Waals surface area (Å²) in [6, 6.07) is 0. The van der Waals surface area contributed by atoms with E-state index in [1.807, 2.05) is 0 Å². The summed E-state index contributed by atoms with van der Waals surface area (Å²) in [7, 11) is -8.69. The molecule has 0 aliphatic rings. The first-order chi connectivity index (χ1) is 56.5. The van der Waals surface area contributed by atoms with Crippen LogP contribution in [0.25, 0.3) is 0 Å². The lowest BCUT2D eigenvalue weighted by Crippen LogP contribution is -2.34. The van der Waals surface area contributed by atoms with Gasteiger partial charge in [-0.1, -0.05) is 336 Å². The number of carbonyl (C=O) groups excluding carboxylic acids is 6. The molecular weight excluding hydrogens is 1510 g/mol. The zero-order chi connectivity index (χ0) is 85.0. The Morgan fingerprint density at radius 1 is 0.276 bits per heavy atom. The molecule has 0 aliphatic carbocycles. The van der Waals surface area contributed by atoms with Gasteiger partial charge in [0.15, 0.2) is 0 Å². The Hall–Kier alpha value is -3.56. The molecule has 2 N–H and O–H groups in total. The fraction of sp³-hybridized carbons (Fsp3) is 0.891. The normalized spacial score (nSPS) is 13.6. The summed E-state index contributed by atoms with van der Waals surface area (Å²) in [4.78, 5) is 79.0. The van der Waals surface area contributed by atoms with Crippen LogP contribution >= 0.6 is 15.6 Å². The van der Waals surface area contributed by atoms with Gasteiger partial charge in [0.05, 0.1) is 66.1 Å². The Morgan fingerprint density at radius 3 is 0.828 bits per heavy atom. The van der Waals surface area contributed by atoms with Gasteiger partial charge < -0.3 is 39.1 Å². The third kappa shape index (κ3) is 76.6. The number of hydrogen-bond acceptors (Lipinski definition) is 20. The fourth-order valence-corrected chi connectivity index (χ4v) is 15.9. The smallest absolute Gasteiger partial charge is 0.462 e. The molecule has 2 amide bonds. The van der Waals surface area contributed by atoms with E-state index in [-0.39, 0.29) is 116 Å². The average Bonchev–Trinajstić information content (AvgIpc) is 0.892. The van der Waals surface area contributed by atoms with Crippen LogP contribution in [-0.4, -0.2) is 139 Å². The van der Waals surface area contributed by atoms with Crippen LogP contribution in [0.3, 0.4) is 0 Å². The van der Waals surface area contributed by atoms with Crippen molar-refractivity contribution in [2.75, 3.05) is 79.2 Å². The minimum atomic E-state index is -4.37. The summed E-state index contributed by atoms with van der Waals surface area (Å²) >= 11 is 0. The lowest BCUT2D eigenvalue weighted by atomic mass is 10.1. The van der Waals surface area contributed by atoms with Crippen LogP contribution in [0.1, 0.15) is 427 Å². The minimum Gasteiger partial charge on any atom is -0.462 e. The Bertz CT molecular complexity index is 2410. The predicted octanol–water partition coefficient (Wildman–Crippen LogP) is 25.1. The molecule has 116 heavy (non-hydrogen) atoms. The molecule has 22 nitrogen and oxygen atoms in total. The SMILES string of the molecule is C=CCOP(=O)(OCCCNC(=O)CC(=O)NCCOP(=O)(OCC=C)OC[C@H](COCC[C@@H](CCCCCCC)OC(=O)CCCCCCCCCCC)OC(=O)CCCCCCCCCCCCC)OC[C@H](COCC[C@@H](CCCCCCC)OC(=O)CCCCCCCCCCC)OC(=O)CCCCCCCCCCCCC. The molecule has 0 aromatic carbocycles. The van der Waals surface area contributed by atoms with Crippen LogP contribution < -0.4 is 10.6 Å². The summed E-state index contributed by atoms with van der Waals surface area (Å²) in [6.45, 7) is 18.9. The standard InChI is InChI=1S/C92H174N2O20P2/c1-9-17-23-29-33-37-39-43-47-53-59-66-91(99)113-85(79-103-75-68-83(62-55-49-27-21-13-5)111-89(97)64-57-51-45-41-35-31-25-19-11-3)81-109-115(101,105-72-15-7)107-74-61-70-93-87(95)78-88(96)94-71-77-108-116(102,106-73-16-8)110-82-86(114-92(100)67-60-54-48-44-40-38-34-30-24-18-10-2)80-104-76-69-84(63-56-50-28-22-14-6)112-90(98)65-58-52-46-42-36-32-26-20-12-4/h15-16,83-86H,7-14,17-82H2,1-6H3,(H,93,95)(H,94,96)/t83-,84-,85+,86+,115?,116?/m1/s1. The van der Waals surface area contributed by atoms with Gasteiger partial charge in [-0.15, -0.1) is 13.2 Å². The molecule has 0 fully saturated rings. The first-order valence-electron chi connectivity index (χ1n) is 47.3. The molecule has 0 saturated heterocycles. The maximum Gasteiger partial charge on any atom is 0.475 e. The highest BCUT2D eigenvalue weighted by molar-refractivity contribution is 7.48. The molecule has 0 spiro atoms. The highest BCUT2D eigenvalue weighted by Gasteiger charge is 2.32. The van der Waals surface area contributed by atoms with E-state index in [0.717, 1.165) is 148 Å². The van der Waals surface area contributed by atoms with Crippen molar-refractivity contribution in [1.82, 2.24) is 10.6 Å². The minimum absolute atomic E-state index is 0.0224. The van der Waals surface area contributed by atoms with E-state index < -0.39 is 64.6 Å². The van der Waals surface area contributed by atoms with Crippen molar-refractivity contribution >= 4 is 51.3 Å². The van der Waals surface area contributed by atoms with E-state index in [4.69, 9.17) is 55.6 Å². The van der Waals surface area contributed by atoms with E-state index in [1.165, 1.54) is 179 Å². The largest absolute Gasteiger partial charge is 0.475 e. The zero-order valence-electron chi connectivity index (χ0n) is 74.8. The lowest BCUT2D eigenvalue weighted by Gasteiger charge is -2.23. The Morgan fingerprint density at radius 2 is 0.534 bits per heavy atom. The third-order valence-electron chi connectivity index (χ3n) is 20.6. The van der Waals surface area contributed by atoms with Crippen LogP contribution in [0.15, 0.2) is 25.3 Å². The number of carbonyl (C=O) groups is 6. The second-order valence-electron chi connectivity index (χ2n) is 31.9. The van der Waals surface area contributed by atoms with Gasteiger partial charge in [0, 0.05) is 51.6 Å². The summed E-state index contributed by atoms with van der Waals surface area (Å²) in [6.07, 6.45) is 59.6. The van der Waals surface area contributed by atoms with Crippen molar-refractivity contribution in [1.29, 1.82) is 0 Å². The molecule has 24 heteroatoms. The Labute approximate surface area is 707 Å². The van der Waals surface area contributed by atoms with E-state index >= 15 is 0 Å². The first kappa shape index (κ1) is 112. The number of ether oxygens (including phenoxy) is 6. The van der Waals surface area contributed by atoms with Crippen LogP contribution in [0, 0.1) is 0 Å². The molecule has 0 rings (SSSR count). The van der Waals surface area contributed by atoms with Crippen molar-refractivity contribution < 1.29 is 93.5 Å². The van der Waals surface area contributed by atoms with E-state index in [0.29, 0.717) is 44.9 Å². The van der Waals surface area contributed by atoms with Gasteiger partial charge in [0.1, 0.15) is 30.8 Å². The van der Waals surface area contributed by atoms with Gasteiger partial charge in [-0.25, -0.2) is 9.13 Å². The van der Waals surface area contributed by atoms with Gasteiger partial charge in [-0.2, -0.15) is 0 Å². The molecule has 0 heterocycles. The van der Waals surface area contributed by atoms with Crippen LogP contribution in [0.4, 0.5) is 0 Å². The average molecular weight is 1690 g/mol. The molecule has 0 aromatic rings. The maximum atomic E-state index is 14.1. The number of unbranched alkanes of at least 4 members (excludes halogenated alkanes) is 44. The van der Waals surface area contributed by atoms with Crippen molar-refractivity contribution in [3.05, 3.63) is 25.3 Å². The summed E-state index contributed by atoms with van der Waals surface area (Å²) in [5.41, 5.74) is 0.